The predicted molar refractivity (Wildman–Crippen MR) is 54.5 cm³/mol. The Morgan fingerprint density at radius 1 is 1.60 bits per heavy atom. The van der Waals surface area contributed by atoms with E-state index < -0.39 is 0 Å². The zero-order valence-corrected chi connectivity index (χ0v) is 8.75. The van der Waals surface area contributed by atoms with Crippen LogP contribution in [0, 0.1) is 0 Å². The summed E-state index contributed by atoms with van der Waals surface area (Å²) >= 11 is 0. The van der Waals surface area contributed by atoms with Crippen LogP contribution in [0.4, 0.5) is 0 Å². The van der Waals surface area contributed by atoms with E-state index in [-0.39, 0.29) is 12.0 Å². The van der Waals surface area contributed by atoms with Crippen LogP contribution in [0.3, 0.4) is 0 Å². The van der Waals surface area contributed by atoms with Crippen LogP contribution in [0.2, 0.25) is 0 Å². The lowest BCUT2D eigenvalue weighted by Gasteiger charge is -2.22. The standard InChI is InChI=1S/C10H15N3O2/c1-15-10(14)7-6-12-13-9(7)8-4-2-3-5-11-8/h6,8,11H,2-5H2,1H3,(H,12,13). The highest BCUT2D eigenvalue weighted by Crippen LogP contribution is 2.24. The van der Waals surface area contributed by atoms with Crippen molar-refractivity contribution in [2.75, 3.05) is 13.7 Å². The summed E-state index contributed by atoms with van der Waals surface area (Å²) in [5.74, 6) is -0.328. The van der Waals surface area contributed by atoms with Crippen LogP contribution < -0.4 is 5.32 Å². The molecule has 1 saturated heterocycles. The minimum absolute atomic E-state index is 0.204. The molecule has 0 amide bonds. The van der Waals surface area contributed by atoms with Crippen LogP contribution in [-0.2, 0) is 4.74 Å². The zero-order valence-electron chi connectivity index (χ0n) is 8.75. The van der Waals surface area contributed by atoms with Crippen molar-refractivity contribution in [1.29, 1.82) is 0 Å². The van der Waals surface area contributed by atoms with Crippen LogP contribution in [0.15, 0.2) is 6.20 Å². The third kappa shape index (κ3) is 2.02. The van der Waals surface area contributed by atoms with Crippen molar-refractivity contribution in [3.05, 3.63) is 17.5 Å². The van der Waals surface area contributed by atoms with Gasteiger partial charge >= 0.3 is 5.97 Å². The Hall–Kier alpha value is -1.36. The number of hydrogen-bond donors (Lipinski definition) is 2. The molecule has 1 atom stereocenters. The second kappa shape index (κ2) is 4.44. The van der Waals surface area contributed by atoms with E-state index in [1.54, 1.807) is 0 Å². The van der Waals surface area contributed by atoms with Crippen molar-refractivity contribution < 1.29 is 9.53 Å². The number of methoxy groups -OCH3 is 1. The molecule has 82 valence electrons. The van der Waals surface area contributed by atoms with E-state index in [0.29, 0.717) is 5.56 Å². The highest BCUT2D eigenvalue weighted by atomic mass is 16.5. The molecule has 0 bridgehead atoms. The highest BCUT2D eigenvalue weighted by Gasteiger charge is 2.23. The maximum absolute atomic E-state index is 11.4. The molecule has 1 aliphatic heterocycles. The molecular formula is C10H15N3O2. The van der Waals surface area contributed by atoms with Gasteiger partial charge in [-0.2, -0.15) is 5.10 Å². The summed E-state index contributed by atoms with van der Waals surface area (Å²) in [4.78, 5) is 11.4. The number of nitrogens with zero attached hydrogens (tertiary/aromatic N) is 1. The van der Waals surface area contributed by atoms with Crippen molar-refractivity contribution >= 4 is 5.97 Å². The summed E-state index contributed by atoms with van der Waals surface area (Å²) in [5, 5.41) is 10.1. The normalized spacial score (nSPS) is 21.3. The predicted octanol–water partition coefficient (Wildman–Crippen LogP) is 1.01. The first-order valence-electron chi connectivity index (χ1n) is 5.18. The number of aromatic nitrogens is 2. The van der Waals surface area contributed by atoms with Gasteiger partial charge in [-0.15, -0.1) is 0 Å². The number of piperidine rings is 1. The smallest absolute Gasteiger partial charge is 0.341 e. The molecule has 0 aliphatic carbocycles. The Balaban J connectivity index is 2.19. The third-order valence-corrected chi connectivity index (χ3v) is 2.73. The lowest BCUT2D eigenvalue weighted by molar-refractivity contribution is 0.0598. The van der Waals surface area contributed by atoms with E-state index in [4.69, 9.17) is 4.74 Å². The van der Waals surface area contributed by atoms with Crippen LogP contribution >= 0.6 is 0 Å². The zero-order chi connectivity index (χ0) is 10.7. The van der Waals surface area contributed by atoms with E-state index in [0.717, 1.165) is 18.7 Å². The fourth-order valence-corrected chi connectivity index (χ4v) is 1.93. The van der Waals surface area contributed by atoms with Gasteiger partial charge in [-0.25, -0.2) is 4.79 Å². The molecule has 5 nitrogen and oxygen atoms in total. The van der Waals surface area contributed by atoms with Crippen LogP contribution in [0.5, 0.6) is 0 Å². The fourth-order valence-electron chi connectivity index (χ4n) is 1.93. The van der Waals surface area contributed by atoms with Crippen LogP contribution in [0.1, 0.15) is 41.4 Å². The largest absolute Gasteiger partial charge is 0.465 e. The monoisotopic (exact) mass is 209 g/mol. The van der Waals surface area contributed by atoms with Gasteiger partial charge in [0.1, 0.15) is 5.56 Å². The SMILES string of the molecule is COC(=O)c1cn[nH]c1C1CCCCN1. The maximum Gasteiger partial charge on any atom is 0.341 e. The summed E-state index contributed by atoms with van der Waals surface area (Å²) in [7, 11) is 1.38. The molecule has 2 N–H and O–H groups in total. The van der Waals surface area contributed by atoms with E-state index in [1.807, 2.05) is 0 Å². The molecule has 0 saturated carbocycles. The fraction of sp³-hybridized carbons (Fsp3) is 0.600. The second-order valence-electron chi connectivity index (χ2n) is 3.69. The molecule has 0 aromatic carbocycles. The number of nitrogens with one attached hydrogen (secondary N) is 2. The van der Waals surface area contributed by atoms with Crippen molar-refractivity contribution in [3.63, 3.8) is 0 Å². The number of rotatable bonds is 2. The second-order valence-corrected chi connectivity index (χ2v) is 3.69. The Morgan fingerprint density at radius 2 is 2.47 bits per heavy atom. The van der Waals surface area contributed by atoms with Crippen LogP contribution in [0.25, 0.3) is 0 Å². The number of H-pyrrole nitrogens is 1. The van der Waals surface area contributed by atoms with Gasteiger partial charge in [-0.3, -0.25) is 5.10 Å². The third-order valence-electron chi connectivity index (χ3n) is 2.73. The average molecular weight is 209 g/mol. The quantitative estimate of drug-likeness (QED) is 0.713. The lowest BCUT2D eigenvalue weighted by Crippen LogP contribution is -2.28. The lowest BCUT2D eigenvalue weighted by atomic mass is 10.00. The Kier molecular flexibility index (Phi) is 3.01. The molecule has 1 aromatic rings. The molecule has 0 spiro atoms. The average Bonchev–Trinajstić information content (AvgIpc) is 2.78. The molecule has 5 heteroatoms. The van der Waals surface area contributed by atoms with Crippen LogP contribution in [-0.4, -0.2) is 29.8 Å². The molecule has 2 heterocycles. The van der Waals surface area contributed by atoms with Crippen molar-refractivity contribution in [1.82, 2.24) is 15.5 Å². The molecular weight excluding hydrogens is 194 g/mol. The molecule has 15 heavy (non-hydrogen) atoms. The molecule has 1 aromatic heterocycles. The van der Waals surface area contributed by atoms with E-state index in [9.17, 15) is 4.79 Å². The van der Waals surface area contributed by atoms with Crippen molar-refractivity contribution in [3.8, 4) is 0 Å². The topological polar surface area (TPSA) is 67.0 Å². The summed E-state index contributed by atoms with van der Waals surface area (Å²) in [6, 6.07) is 0.204. The van der Waals surface area contributed by atoms with Gasteiger partial charge in [0, 0.05) is 6.04 Å². The van der Waals surface area contributed by atoms with Crippen molar-refractivity contribution in [2.45, 2.75) is 25.3 Å². The van der Waals surface area contributed by atoms with Gasteiger partial charge in [0.2, 0.25) is 0 Å². The molecule has 1 aliphatic rings. The van der Waals surface area contributed by atoms with Gasteiger partial charge < -0.3 is 10.1 Å². The minimum atomic E-state index is -0.328. The molecule has 1 fully saturated rings. The maximum atomic E-state index is 11.4. The van der Waals surface area contributed by atoms with E-state index in [2.05, 4.69) is 15.5 Å². The summed E-state index contributed by atoms with van der Waals surface area (Å²) in [6.07, 6.45) is 4.93. The number of ether oxygens (including phenoxy) is 1. The molecule has 2 rings (SSSR count). The van der Waals surface area contributed by atoms with Gasteiger partial charge in [0.25, 0.3) is 0 Å². The van der Waals surface area contributed by atoms with Gasteiger partial charge in [-0.1, -0.05) is 6.42 Å². The summed E-state index contributed by atoms with van der Waals surface area (Å²) in [6.45, 7) is 0.990. The van der Waals surface area contributed by atoms with E-state index in [1.165, 1.54) is 26.1 Å². The van der Waals surface area contributed by atoms with Crippen molar-refractivity contribution in [2.24, 2.45) is 0 Å². The molecule has 0 radical (unpaired) electrons. The number of carbonyl (C=O) groups is 1. The van der Waals surface area contributed by atoms with E-state index >= 15 is 0 Å². The summed E-state index contributed by atoms with van der Waals surface area (Å²) < 4.78 is 4.70. The van der Waals surface area contributed by atoms with Gasteiger partial charge in [0.15, 0.2) is 0 Å². The Morgan fingerprint density at radius 3 is 3.13 bits per heavy atom. The van der Waals surface area contributed by atoms with Gasteiger partial charge in [0.05, 0.1) is 19.0 Å². The number of hydrogen-bond acceptors (Lipinski definition) is 4. The first-order chi connectivity index (χ1) is 7.33. The van der Waals surface area contributed by atoms with Gasteiger partial charge in [-0.05, 0) is 19.4 Å². The molecule has 1 unspecified atom stereocenters. The minimum Gasteiger partial charge on any atom is -0.465 e. The number of esters is 1. The number of aromatic amines is 1. The Bertz CT molecular complexity index is 342. The first-order valence-corrected chi connectivity index (χ1v) is 5.18. The highest BCUT2D eigenvalue weighted by molar-refractivity contribution is 5.90. The Labute approximate surface area is 88.2 Å². The first kappa shape index (κ1) is 10.2. The number of carbonyl (C=O) groups excluding carboxylic acids is 1. The summed E-state index contributed by atoms with van der Waals surface area (Å²) in [5.41, 5.74) is 1.39.